The van der Waals surface area contributed by atoms with Crippen LogP contribution in [-0.2, 0) is 17.9 Å². The monoisotopic (exact) mass is 411 g/mol. The molecule has 0 radical (unpaired) electrons. The maximum atomic E-state index is 13.6. The minimum absolute atomic E-state index is 0.0710. The largest absolute Gasteiger partial charge is 0.337 e. The Morgan fingerprint density at radius 1 is 1.17 bits per heavy atom. The second kappa shape index (κ2) is 7.66. The summed E-state index contributed by atoms with van der Waals surface area (Å²) in [6.07, 6.45) is 1.33. The van der Waals surface area contributed by atoms with Gasteiger partial charge in [0.15, 0.2) is 0 Å². The fraction of sp³-hybridized carbons (Fsp3) is 0.238. The van der Waals surface area contributed by atoms with E-state index in [1.54, 1.807) is 36.4 Å². The summed E-state index contributed by atoms with van der Waals surface area (Å²) in [6, 6.07) is 11.8. The fourth-order valence-electron chi connectivity index (χ4n) is 3.44. The highest BCUT2D eigenvalue weighted by molar-refractivity contribution is 5.81. The Morgan fingerprint density at radius 3 is 2.70 bits per heavy atom. The van der Waals surface area contributed by atoms with Gasteiger partial charge in [-0.15, -0.1) is 0 Å². The average molecular weight is 411 g/mol. The predicted octanol–water partition coefficient (Wildman–Crippen LogP) is 3.11. The molecule has 0 unspecified atom stereocenters. The lowest BCUT2D eigenvalue weighted by molar-refractivity contribution is -0.131. The number of aromatic nitrogens is 4. The SMILES string of the molecule is Cc1cccc2c(=O)n(CC(=O)N(C)Cc3nc4ccccc4n3C(F)F)cnc12. The minimum atomic E-state index is -2.79. The molecule has 0 saturated heterocycles. The number of carbonyl (C=O) groups is 1. The topological polar surface area (TPSA) is 73.0 Å². The van der Waals surface area contributed by atoms with Crippen molar-refractivity contribution in [3.05, 3.63) is 70.5 Å². The molecule has 9 heteroatoms. The predicted molar refractivity (Wildman–Crippen MR) is 108 cm³/mol. The van der Waals surface area contributed by atoms with Crippen LogP contribution in [0.3, 0.4) is 0 Å². The Balaban J connectivity index is 1.59. The number of rotatable bonds is 5. The zero-order valence-electron chi connectivity index (χ0n) is 16.4. The van der Waals surface area contributed by atoms with E-state index in [1.807, 2.05) is 13.0 Å². The number of hydrogen-bond donors (Lipinski definition) is 0. The lowest BCUT2D eigenvalue weighted by Gasteiger charge is -2.18. The number of para-hydroxylation sites is 3. The van der Waals surface area contributed by atoms with E-state index in [4.69, 9.17) is 0 Å². The Kier molecular flexibility index (Phi) is 5.03. The number of hydrogen-bond acceptors (Lipinski definition) is 4. The summed E-state index contributed by atoms with van der Waals surface area (Å²) >= 11 is 0. The minimum Gasteiger partial charge on any atom is -0.337 e. The number of amides is 1. The van der Waals surface area contributed by atoms with E-state index in [0.717, 1.165) is 10.1 Å². The maximum Gasteiger partial charge on any atom is 0.320 e. The molecule has 0 saturated carbocycles. The summed E-state index contributed by atoms with van der Waals surface area (Å²) in [5.74, 6) is -0.347. The fourth-order valence-corrected chi connectivity index (χ4v) is 3.44. The molecule has 7 nitrogen and oxygen atoms in total. The van der Waals surface area contributed by atoms with Crippen molar-refractivity contribution in [1.82, 2.24) is 24.0 Å². The Morgan fingerprint density at radius 2 is 1.93 bits per heavy atom. The van der Waals surface area contributed by atoms with Gasteiger partial charge in [-0.05, 0) is 30.7 Å². The van der Waals surface area contributed by atoms with E-state index in [2.05, 4.69) is 9.97 Å². The maximum absolute atomic E-state index is 13.6. The van der Waals surface area contributed by atoms with Crippen LogP contribution in [0.25, 0.3) is 21.9 Å². The van der Waals surface area contributed by atoms with Crippen LogP contribution < -0.4 is 5.56 Å². The number of halogens is 2. The van der Waals surface area contributed by atoms with Gasteiger partial charge in [-0.3, -0.25) is 18.7 Å². The van der Waals surface area contributed by atoms with Gasteiger partial charge in [-0.25, -0.2) is 9.97 Å². The third kappa shape index (κ3) is 3.42. The van der Waals surface area contributed by atoms with Crippen LogP contribution in [0.2, 0.25) is 0 Å². The van der Waals surface area contributed by atoms with E-state index in [1.165, 1.54) is 22.8 Å². The first kappa shape index (κ1) is 19.7. The van der Waals surface area contributed by atoms with Crippen molar-refractivity contribution in [2.75, 3.05) is 7.05 Å². The standard InChI is InChI=1S/C21H19F2N5O2/c1-13-6-5-7-14-19(13)24-12-27(20(14)30)11-18(29)26(2)10-17-25-15-8-3-4-9-16(15)28(17)21(22)23/h3-9,12,21H,10-11H2,1-2H3. The summed E-state index contributed by atoms with van der Waals surface area (Å²) in [6.45, 7) is -1.30. The normalized spacial score (nSPS) is 11.5. The number of benzene rings is 2. The number of fused-ring (bicyclic) bond motifs is 2. The van der Waals surface area contributed by atoms with Gasteiger partial charge in [-0.1, -0.05) is 24.3 Å². The molecule has 4 rings (SSSR count). The third-order valence-electron chi connectivity index (χ3n) is 5.03. The van der Waals surface area contributed by atoms with Gasteiger partial charge < -0.3 is 4.90 Å². The van der Waals surface area contributed by atoms with Gasteiger partial charge in [0.2, 0.25) is 5.91 Å². The van der Waals surface area contributed by atoms with Gasteiger partial charge in [0.05, 0.1) is 34.8 Å². The summed E-state index contributed by atoms with van der Waals surface area (Å²) < 4.78 is 29.2. The lowest BCUT2D eigenvalue weighted by atomic mass is 10.1. The zero-order valence-corrected chi connectivity index (χ0v) is 16.4. The number of likely N-dealkylation sites (N-methyl/N-ethyl adjacent to an activating group) is 1. The highest BCUT2D eigenvalue weighted by Crippen LogP contribution is 2.23. The van der Waals surface area contributed by atoms with Crippen LogP contribution in [0, 0.1) is 6.92 Å². The van der Waals surface area contributed by atoms with E-state index < -0.39 is 12.5 Å². The van der Waals surface area contributed by atoms with Crippen LogP contribution in [0.5, 0.6) is 0 Å². The van der Waals surface area contributed by atoms with E-state index in [-0.39, 0.29) is 24.5 Å². The van der Waals surface area contributed by atoms with Crippen LogP contribution >= 0.6 is 0 Å². The molecule has 2 aromatic heterocycles. The highest BCUT2D eigenvalue weighted by atomic mass is 19.3. The molecule has 0 aliphatic rings. The smallest absolute Gasteiger partial charge is 0.320 e. The second-order valence-electron chi connectivity index (χ2n) is 7.06. The molecule has 0 N–H and O–H groups in total. The van der Waals surface area contributed by atoms with Gasteiger partial charge in [0, 0.05) is 7.05 Å². The molecule has 0 aliphatic heterocycles. The van der Waals surface area contributed by atoms with Gasteiger partial charge in [-0.2, -0.15) is 8.78 Å². The van der Waals surface area contributed by atoms with Crippen molar-refractivity contribution in [3.8, 4) is 0 Å². The van der Waals surface area contributed by atoms with E-state index >= 15 is 0 Å². The number of carbonyl (C=O) groups excluding carboxylic acids is 1. The van der Waals surface area contributed by atoms with Crippen molar-refractivity contribution in [2.45, 2.75) is 26.6 Å². The lowest BCUT2D eigenvalue weighted by Crippen LogP contribution is -2.34. The molecule has 0 bridgehead atoms. The summed E-state index contributed by atoms with van der Waals surface area (Å²) in [4.78, 5) is 35.2. The molecule has 2 heterocycles. The number of alkyl halides is 2. The molecule has 2 aromatic carbocycles. The molecule has 4 aromatic rings. The molecule has 1 amide bonds. The highest BCUT2D eigenvalue weighted by Gasteiger charge is 2.21. The third-order valence-corrected chi connectivity index (χ3v) is 5.03. The molecule has 154 valence electrons. The summed E-state index contributed by atoms with van der Waals surface area (Å²) in [7, 11) is 1.49. The molecule has 0 fully saturated rings. The number of aryl methyl sites for hydroxylation is 1. The number of nitrogens with zero attached hydrogens (tertiary/aromatic N) is 5. The molecule has 30 heavy (non-hydrogen) atoms. The quantitative estimate of drug-likeness (QED) is 0.506. The first-order valence-electron chi connectivity index (χ1n) is 9.29. The van der Waals surface area contributed by atoms with Crippen molar-refractivity contribution < 1.29 is 13.6 Å². The molecular weight excluding hydrogens is 392 g/mol. The summed E-state index contributed by atoms with van der Waals surface area (Å²) in [5, 5.41) is 0.424. The van der Waals surface area contributed by atoms with Gasteiger partial charge in [0.25, 0.3) is 5.56 Å². The number of imidazole rings is 1. The van der Waals surface area contributed by atoms with Crippen molar-refractivity contribution in [3.63, 3.8) is 0 Å². The van der Waals surface area contributed by atoms with Crippen LogP contribution in [0.15, 0.2) is 53.6 Å². The average Bonchev–Trinajstić information content (AvgIpc) is 3.08. The molecule has 0 atom stereocenters. The molecular formula is C21H19F2N5O2. The first-order valence-corrected chi connectivity index (χ1v) is 9.29. The molecule has 0 aliphatic carbocycles. The van der Waals surface area contributed by atoms with E-state index in [0.29, 0.717) is 21.9 Å². The Bertz CT molecular complexity index is 1310. The van der Waals surface area contributed by atoms with Crippen molar-refractivity contribution in [1.29, 1.82) is 0 Å². The van der Waals surface area contributed by atoms with Crippen LogP contribution in [-0.4, -0.2) is 37.0 Å². The Hall–Kier alpha value is -3.62. The zero-order chi connectivity index (χ0) is 21.4. The second-order valence-corrected chi connectivity index (χ2v) is 7.06. The summed E-state index contributed by atoms with van der Waals surface area (Å²) in [5.41, 5.74) is 1.86. The van der Waals surface area contributed by atoms with Crippen LogP contribution in [0.1, 0.15) is 17.9 Å². The van der Waals surface area contributed by atoms with E-state index in [9.17, 15) is 18.4 Å². The van der Waals surface area contributed by atoms with Crippen molar-refractivity contribution in [2.24, 2.45) is 0 Å². The van der Waals surface area contributed by atoms with Gasteiger partial charge in [0.1, 0.15) is 12.4 Å². The van der Waals surface area contributed by atoms with Gasteiger partial charge >= 0.3 is 6.55 Å². The Labute approximate surface area is 170 Å². The first-order chi connectivity index (χ1) is 14.4. The van der Waals surface area contributed by atoms with Crippen molar-refractivity contribution >= 4 is 27.8 Å². The molecule has 0 spiro atoms. The van der Waals surface area contributed by atoms with Crippen LogP contribution in [0.4, 0.5) is 8.78 Å².